The number of hydrogen-bond acceptors (Lipinski definition) is 6. The van der Waals surface area contributed by atoms with Crippen molar-refractivity contribution >= 4 is 34.3 Å². The van der Waals surface area contributed by atoms with Gasteiger partial charge in [-0.15, -0.1) is 10.2 Å². The Morgan fingerprint density at radius 3 is 2.92 bits per heavy atom. The Morgan fingerprint density at radius 1 is 1.38 bits per heavy atom. The molecule has 1 saturated heterocycles. The van der Waals surface area contributed by atoms with E-state index in [2.05, 4.69) is 48.0 Å². The maximum Gasteiger partial charge on any atom is 0.226 e. The van der Waals surface area contributed by atoms with E-state index in [0.717, 1.165) is 28.0 Å². The summed E-state index contributed by atoms with van der Waals surface area (Å²) in [7, 11) is 0. The summed E-state index contributed by atoms with van der Waals surface area (Å²) in [5.74, 6) is 0.700. The van der Waals surface area contributed by atoms with Crippen molar-refractivity contribution in [2.75, 3.05) is 18.0 Å². The summed E-state index contributed by atoms with van der Waals surface area (Å²) in [6.45, 7) is 1.49. The number of nitriles is 1. The summed E-state index contributed by atoms with van der Waals surface area (Å²) in [4.78, 5) is 18.5. The Labute approximate surface area is 153 Å². The minimum atomic E-state index is -0.0264. The molecule has 3 heterocycles. The van der Waals surface area contributed by atoms with E-state index < -0.39 is 0 Å². The number of pyridine rings is 1. The Hall–Kier alpha value is -2.28. The van der Waals surface area contributed by atoms with Gasteiger partial charge in [0.1, 0.15) is 6.07 Å². The van der Waals surface area contributed by atoms with Crippen LogP contribution in [0.5, 0.6) is 0 Å². The number of nitrogens with one attached hydrogen (secondary N) is 1. The minimum Gasteiger partial charge on any atom is -0.353 e. The lowest BCUT2D eigenvalue weighted by atomic mass is 10.2. The second-order valence-corrected chi connectivity index (χ2v) is 6.78. The van der Waals surface area contributed by atoms with Crippen molar-refractivity contribution in [3.8, 4) is 6.07 Å². The van der Waals surface area contributed by atoms with E-state index in [1.807, 2.05) is 18.2 Å². The fourth-order valence-electron chi connectivity index (χ4n) is 2.59. The molecule has 0 bridgehead atoms. The molecule has 24 heavy (non-hydrogen) atoms. The first-order chi connectivity index (χ1) is 11.6. The van der Waals surface area contributed by atoms with Crippen LogP contribution in [-0.2, 0) is 11.2 Å². The fourth-order valence-corrected chi connectivity index (χ4v) is 2.91. The molecule has 0 aromatic carbocycles. The van der Waals surface area contributed by atoms with Crippen LogP contribution in [-0.4, -0.2) is 40.2 Å². The van der Waals surface area contributed by atoms with Gasteiger partial charge in [-0.2, -0.15) is 5.26 Å². The van der Waals surface area contributed by atoms with Crippen LogP contribution in [0.15, 0.2) is 30.5 Å². The molecule has 0 radical (unpaired) electrons. The summed E-state index contributed by atoms with van der Waals surface area (Å²) in [5.41, 5.74) is 1.06. The lowest BCUT2D eigenvalue weighted by molar-refractivity contribution is -0.121. The van der Waals surface area contributed by atoms with E-state index in [1.165, 1.54) is 0 Å². The number of nitrogens with zero attached hydrogens (tertiary/aromatic N) is 5. The van der Waals surface area contributed by atoms with E-state index in [9.17, 15) is 4.79 Å². The summed E-state index contributed by atoms with van der Waals surface area (Å²) in [6, 6.07) is 9.28. The molecule has 1 N–H and O–H groups in total. The number of carbonyl (C=O) groups excluding carboxylic acids is 1. The Balaban J connectivity index is 1.52. The van der Waals surface area contributed by atoms with Gasteiger partial charge in [0.05, 0.1) is 6.42 Å². The average molecular weight is 434 g/mol. The van der Waals surface area contributed by atoms with Crippen molar-refractivity contribution in [1.82, 2.24) is 20.5 Å². The summed E-state index contributed by atoms with van der Waals surface area (Å²) in [6.07, 6.45) is 2.89. The first-order valence-electron chi connectivity index (χ1n) is 7.52. The maximum absolute atomic E-state index is 12.1. The molecule has 0 aliphatic carbocycles. The van der Waals surface area contributed by atoms with Crippen LogP contribution in [0.1, 0.15) is 17.8 Å². The fraction of sp³-hybridized carbons (Fsp3) is 0.312. The third-order valence-corrected chi connectivity index (χ3v) is 4.41. The topological polar surface area (TPSA) is 94.8 Å². The van der Waals surface area contributed by atoms with E-state index >= 15 is 0 Å². The van der Waals surface area contributed by atoms with Crippen molar-refractivity contribution in [1.29, 1.82) is 5.26 Å². The second-order valence-electron chi connectivity index (χ2n) is 5.53. The van der Waals surface area contributed by atoms with Crippen molar-refractivity contribution in [2.24, 2.45) is 0 Å². The van der Waals surface area contributed by atoms with Crippen LogP contribution in [0.2, 0.25) is 0 Å². The number of halogens is 1. The Kier molecular flexibility index (Phi) is 5.20. The molecule has 1 fully saturated rings. The first kappa shape index (κ1) is 16.6. The molecule has 0 saturated carbocycles. The van der Waals surface area contributed by atoms with Crippen LogP contribution < -0.4 is 10.2 Å². The highest BCUT2D eigenvalue weighted by Gasteiger charge is 2.25. The third kappa shape index (κ3) is 4.17. The van der Waals surface area contributed by atoms with Crippen LogP contribution in [0, 0.1) is 14.9 Å². The van der Waals surface area contributed by atoms with Gasteiger partial charge in [-0.05, 0) is 53.3 Å². The lowest BCUT2D eigenvalue weighted by Gasteiger charge is -2.17. The molecule has 1 aliphatic heterocycles. The molecule has 1 aliphatic rings. The van der Waals surface area contributed by atoms with Crippen LogP contribution in [0.4, 0.5) is 5.82 Å². The van der Waals surface area contributed by atoms with Crippen molar-refractivity contribution in [3.05, 3.63) is 45.4 Å². The minimum absolute atomic E-state index is 0.0264. The number of carbonyl (C=O) groups is 1. The van der Waals surface area contributed by atoms with Gasteiger partial charge in [-0.25, -0.2) is 0 Å². The molecule has 2 aromatic heterocycles. The highest BCUT2D eigenvalue weighted by molar-refractivity contribution is 14.1. The van der Waals surface area contributed by atoms with Gasteiger partial charge in [0, 0.05) is 34.6 Å². The van der Waals surface area contributed by atoms with Gasteiger partial charge in [-0.1, -0.05) is 0 Å². The van der Waals surface area contributed by atoms with E-state index in [4.69, 9.17) is 5.26 Å². The molecule has 8 heteroatoms. The lowest BCUT2D eigenvalue weighted by Crippen LogP contribution is -2.38. The molecule has 1 amide bonds. The molecule has 1 atom stereocenters. The average Bonchev–Trinajstić information content (AvgIpc) is 3.05. The highest BCUT2D eigenvalue weighted by atomic mass is 127. The zero-order chi connectivity index (χ0) is 16.9. The molecule has 0 unspecified atom stereocenters. The quantitative estimate of drug-likeness (QED) is 0.729. The zero-order valence-corrected chi connectivity index (χ0v) is 15.0. The molecular formula is C16H15IN6O. The standard InChI is InChI=1S/C16H15IN6O/c17-11-1-2-12(19-9-11)7-16(24)20-14-5-6-23(10-14)15-4-3-13(8-18)21-22-15/h1-4,9,14H,5-7,10H2,(H,20,24)/t14-/m0/s1. The largest absolute Gasteiger partial charge is 0.353 e. The van der Waals surface area contributed by atoms with Crippen molar-refractivity contribution in [2.45, 2.75) is 18.9 Å². The number of hydrogen-bond donors (Lipinski definition) is 1. The van der Waals surface area contributed by atoms with E-state index in [1.54, 1.807) is 18.3 Å². The number of anilines is 1. The predicted molar refractivity (Wildman–Crippen MR) is 96.2 cm³/mol. The van der Waals surface area contributed by atoms with E-state index in [-0.39, 0.29) is 18.4 Å². The predicted octanol–water partition coefficient (Wildman–Crippen LogP) is 1.29. The highest BCUT2D eigenvalue weighted by Crippen LogP contribution is 2.17. The maximum atomic E-state index is 12.1. The third-order valence-electron chi connectivity index (χ3n) is 3.77. The SMILES string of the molecule is N#Cc1ccc(N2CC[C@H](NC(=O)Cc3ccc(I)cn3)C2)nn1. The zero-order valence-electron chi connectivity index (χ0n) is 12.8. The molecule has 2 aromatic rings. The van der Waals surface area contributed by atoms with Gasteiger partial charge in [0.2, 0.25) is 5.91 Å². The first-order valence-corrected chi connectivity index (χ1v) is 8.60. The van der Waals surface area contributed by atoms with Crippen molar-refractivity contribution < 1.29 is 4.79 Å². The summed E-state index contributed by atoms with van der Waals surface area (Å²) in [5, 5.41) is 19.7. The normalized spacial score (nSPS) is 16.7. The van der Waals surface area contributed by atoms with Crippen molar-refractivity contribution in [3.63, 3.8) is 0 Å². The van der Waals surface area contributed by atoms with Gasteiger partial charge in [0.15, 0.2) is 11.5 Å². The van der Waals surface area contributed by atoms with Gasteiger partial charge < -0.3 is 10.2 Å². The number of rotatable bonds is 4. The van der Waals surface area contributed by atoms with Crippen LogP contribution >= 0.6 is 22.6 Å². The molecular weight excluding hydrogens is 419 g/mol. The second kappa shape index (κ2) is 7.53. The molecule has 0 spiro atoms. The Morgan fingerprint density at radius 2 is 2.25 bits per heavy atom. The van der Waals surface area contributed by atoms with Gasteiger partial charge in [-0.3, -0.25) is 9.78 Å². The number of aromatic nitrogens is 3. The summed E-state index contributed by atoms with van der Waals surface area (Å²) >= 11 is 2.19. The smallest absolute Gasteiger partial charge is 0.226 e. The van der Waals surface area contributed by atoms with Gasteiger partial charge >= 0.3 is 0 Å². The summed E-state index contributed by atoms with van der Waals surface area (Å²) < 4.78 is 1.05. The molecule has 3 rings (SSSR count). The monoisotopic (exact) mass is 434 g/mol. The molecule has 7 nitrogen and oxygen atoms in total. The Bertz CT molecular complexity index is 756. The van der Waals surface area contributed by atoms with Gasteiger partial charge in [0.25, 0.3) is 0 Å². The molecule has 122 valence electrons. The van der Waals surface area contributed by atoms with E-state index in [0.29, 0.717) is 12.2 Å². The number of amides is 1. The van der Waals surface area contributed by atoms with Crippen LogP contribution in [0.3, 0.4) is 0 Å². The van der Waals surface area contributed by atoms with Crippen LogP contribution in [0.25, 0.3) is 0 Å².